The summed E-state index contributed by atoms with van der Waals surface area (Å²) >= 11 is 6.06. The topological polar surface area (TPSA) is 23.6 Å². The number of halogens is 2. The monoisotopic (exact) mass is 358 g/mol. The van der Waals surface area contributed by atoms with E-state index in [0.717, 1.165) is 48.9 Å². The maximum absolute atomic E-state index is 13.0. The van der Waals surface area contributed by atoms with Gasteiger partial charge in [0.15, 0.2) is 0 Å². The Hall–Kier alpha value is -2.07. The van der Waals surface area contributed by atoms with Crippen LogP contribution in [0.25, 0.3) is 0 Å². The Labute approximate surface area is 152 Å². The van der Waals surface area contributed by atoms with Crippen LogP contribution in [-0.4, -0.2) is 37.0 Å². The zero-order chi connectivity index (χ0) is 17.4. The Morgan fingerprint density at radius 1 is 1.04 bits per heavy atom. The molecule has 0 bridgehead atoms. The normalized spacial score (nSPS) is 22.8. The highest BCUT2D eigenvalue weighted by Gasteiger charge is 2.46. The molecule has 2 aromatic carbocycles. The molecule has 5 heteroatoms. The van der Waals surface area contributed by atoms with Crippen LogP contribution in [0.5, 0.6) is 0 Å². The Kier molecular flexibility index (Phi) is 4.38. The number of anilines is 1. The number of benzene rings is 2. The lowest BCUT2D eigenvalue weighted by Gasteiger charge is -2.36. The first-order valence-electron chi connectivity index (χ1n) is 8.66. The third-order valence-corrected chi connectivity index (χ3v) is 5.41. The number of hydrogen-bond acceptors (Lipinski definition) is 2. The second-order valence-electron chi connectivity index (χ2n) is 6.79. The van der Waals surface area contributed by atoms with E-state index in [4.69, 9.17) is 11.6 Å². The minimum atomic E-state index is -0.232. The van der Waals surface area contributed by atoms with Crippen LogP contribution in [0, 0.1) is 11.7 Å². The smallest absolute Gasteiger partial charge is 0.226 e. The Morgan fingerprint density at radius 2 is 1.76 bits per heavy atom. The number of carbonyl (C=O) groups excluding carboxylic acids is 1. The number of piperazine rings is 1. The second-order valence-corrected chi connectivity index (χ2v) is 7.23. The number of hydrogen-bond donors (Lipinski definition) is 0. The van der Waals surface area contributed by atoms with Gasteiger partial charge in [-0.3, -0.25) is 4.79 Å². The fourth-order valence-corrected chi connectivity index (χ4v) is 3.82. The van der Waals surface area contributed by atoms with Gasteiger partial charge in [0.25, 0.3) is 0 Å². The molecule has 0 N–H and O–H groups in total. The predicted molar refractivity (Wildman–Crippen MR) is 97.5 cm³/mol. The van der Waals surface area contributed by atoms with Gasteiger partial charge >= 0.3 is 0 Å². The number of amides is 1. The number of carbonyl (C=O) groups is 1. The molecule has 2 aromatic rings. The average molecular weight is 359 g/mol. The highest BCUT2D eigenvalue weighted by Crippen LogP contribution is 2.48. The molecule has 1 amide bonds. The Balaban J connectivity index is 1.34. The molecule has 1 saturated heterocycles. The molecule has 0 radical (unpaired) electrons. The summed E-state index contributed by atoms with van der Waals surface area (Å²) in [6.07, 6.45) is 0.874. The maximum Gasteiger partial charge on any atom is 0.226 e. The second kappa shape index (κ2) is 6.68. The summed E-state index contributed by atoms with van der Waals surface area (Å²) in [6.45, 7) is 3.11. The standard InChI is InChI=1S/C20H20ClFN2O/c21-15-2-1-3-17(12-15)23-8-10-24(11-9-23)20(25)19-13-18(19)14-4-6-16(22)7-5-14/h1-7,12,18-19H,8-11,13H2/t18-,19+/m1/s1. The van der Waals surface area contributed by atoms with E-state index in [2.05, 4.69) is 11.0 Å². The fraction of sp³-hybridized carbons (Fsp3) is 0.350. The van der Waals surface area contributed by atoms with Gasteiger partial charge < -0.3 is 9.80 Å². The lowest BCUT2D eigenvalue weighted by atomic mass is 10.1. The van der Waals surface area contributed by atoms with E-state index in [1.54, 1.807) is 12.1 Å². The number of rotatable bonds is 3. The SMILES string of the molecule is O=C([C@H]1C[C@@H]1c1ccc(F)cc1)N1CCN(c2cccc(Cl)c2)CC1. The van der Waals surface area contributed by atoms with E-state index < -0.39 is 0 Å². The lowest BCUT2D eigenvalue weighted by molar-refractivity contribution is -0.132. The van der Waals surface area contributed by atoms with Crippen molar-refractivity contribution < 1.29 is 9.18 Å². The molecular weight excluding hydrogens is 339 g/mol. The van der Waals surface area contributed by atoms with Crippen molar-refractivity contribution in [2.45, 2.75) is 12.3 Å². The van der Waals surface area contributed by atoms with Gasteiger partial charge in [-0.05, 0) is 48.2 Å². The van der Waals surface area contributed by atoms with Crippen molar-refractivity contribution in [2.24, 2.45) is 5.92 Å². The van der Waals surface area contributed by atoms with Crippen LogP contribution in [0.1, 0.15) is 17.9 Å². The molecule has 2 fully saturated rings. The first-order valence-corrected chi connectivity index (χ1v) is 9.04. The van der Waals surface area contributed by atoms with Crippen LogP contribution in [-0.2, 0) is 4.79 Å². The van der Waals surface area contributed by atoms with E-state index in [1.807, 2.05) is 23.1 Å². The molecule has 1 heterocycles. The fourth-order valence-electron chi connectivity index (χ4n) is 3.64. The summed E-state index contributed by atoms with van der Waals surface area (Å²) in [5.41, 5.74) is 2.17. The van der Waals surface area contributed by atoms with Crippen molar-refractivity contribution in [3.63, 3.8) is 0 Å². The molecule has 1 saturated carbocycles. The van der Waals surface area contributed by atoms with E-state index >= 15 is 0 Å². The Bertz CT molecular complexity index is 772. The minimum Gasteiger partial charge on any atom is -0.368 e. The van der Waals surface area contributed by atoms with Crippen molar-refractivity contribution in [2.75, 3.05) is 31.1 Å². The van der Waals surface area contributed by atoms with E-state index in [9.17, 15) is 9.18 Å². The van der Waals surface area contributed by atoms with Crippen molar-refractivity contribution in [1.29, 1.82) is 0 Å². The summed E-state index contributed by atoms with van der Waals surface area (Å²) < 4.78 is 13.0. The summed E-state index contributed by atoms with van der Waals surface area (Å²) in [7, 11) is 0. The first-order chi connectivity index (χ1) is 12.1. The molecule has 4 rings (SSSR count). The van der Waals surface area contributed by atoms with Gasteiger partial charge in [-0.15, -0.1) is 0 Å². The van der Waals surface area contributed by atoms with Crippen LogP contribution >= 0.6 is 11.6 Å². The maximum atomic E-state index is 13.0. The van der Waals surface area contributed by atoms with Gasteiger partial charge in [0.1, 0.15) is 5.82 Å². The quantitative estimate of drug-likeness (QED) is 0.830. The van der Waals surface area contributed by atoms with Crippen LogP contribution in [0.3, 0.4) is 0 Å². The van der Waals surface area contributed by atoms with Crippen molar-refractivity contribution in [3.05, 3.63) is 64.9 Å². The molecule has 130 valence electrons. The third-order valence-electron chi connectivity index (χ3n) is 5.17. The molecule has 0 unspecified atom stereocenters. The van der Waals surface area contributed by atoms with Crippen LogP contribution < -0.4 is 4.90 Å². The predicted octanol–water partition coefficient (Wildman–Crippen LogP) is 3.93. The molecule has 3 nitrogen and oxygen atoms in total. The molecule has 1 aliphatic carbocycles. The van der Waals surface area contributed by atoms with Crippen LogP contribution in [0.4, 0.5) is 10.1 Å². The Morgan fingerprint density at radius 3 is 2.44 bits per heavy atom. The summed E-state index contributed by atoms with van der Waals surface area (Å²) in [6, 6.07) is 14.4. The van der Waals surface area contributed by atoms with E-state index in [1.165, 1.54) is 12.1 Å². The lowest BCUT2D eigenvalue weighted by Crippen LogP contribution is -2.49. The van der Waals surface area contributed by atoms with Crippen molar-refractivity contribution >= 4 is 23.2 Å². The molecule has 0 spiro atoms. The molecule has 2 atom stereocenters. The van der Waals surface area contributed by atoms with Crippen LogP contribution in [0.2, 0.25) is 5.02 Å². The molecule has 1 aliphatic heterocycles. The highest BCUT2D eigenvalue weighted by molar-refractivity contribution is 6.30. The first kappa shape index (κ1) is 16.4. The van der Waals surface area contributed by atoms with Gasteiger partial charge in [-0.2, -0.15) is 0 Å². The zero-order valence-electron chi connectivity index (χ0n) is 13.9. The van der Waals surface area contributed by atoms with Crippen molar-refractivity contribution in [3.8, 4) is 0 Å². The summed E-state index contributed by atoms with van der Waals surface area (Å²) in [5, 5.41) is 0.733. The third kappa shape index (κ3) is 3.49. The highest BCUT2D eigenvalue weighted by atomic mass is 35.5. The summed E-state index contributed by atoms with van der Waals surface area (Å²) in [5.74, 6) is 0.312. The molecule has 25 heavy (non-hydrogen) atoms. The van der Waals surface area contributed by atoms with Gasteiger partial charge in [0.2, 0.25) is 5.91 Å². The zero-order valence-corrected chi connectivity index (χ0v) is 14.6. The van der Waals surface area contributed by atoms with Gasteiger partial charge in [0, 0.05) is 42.8 Å². The van der Waals surface area contributed by atoms with Gasteiger partial charge in [-0.1, -0.05) is 29.8 Å². The average Bonchev–Trinajstić information content (AvgIpc) is 3.43. The minimum absolute atomic E-state index is 0.0585. The molecule has 0 aromatic heterocycles. The van der Waals surface area contributed by atoms with E-state index in [0.29, 0.717) is 0 Å². The largest absolute Gasteiger partial charge is 0.368 e. The van der Waals surface area contributed by atoms with E-state index in [-0.39, 0.29) is 23.6 Å². The van der Waals surface area contributed by atoms with Crippen molar-refractivity contribution in [1.82, 2.24) is 4.90 Å². The van der Waals surface area contributed by atoms with Gasteiger partial charge in [0.05, 0.1) is 0 Å². The molecule has 2 aliphatic rings. The summed E-state index contributed by atoms with van der Waals surface area (Å²) in [4.78, 5) is 17.0. The number of nitrogens with zero attached hydrogens (tertiary/aromatic N) is 2. The van der Waals surface area contributed by atoms with Gasteiger partial charge in [-0.25, -0.2) is 4.39 Å². The molecular formula is C20H20ClFN2O. The van der Waals surface area contributed by atoms with Crippen LogP contribution in [0.15, 0.2) is 48.5 Å².